The van der Waals surface area contributed by atoms with Gasteiger partial charge in [-0.15, -0.1) is 0 Å². The van der Waals surface area contributed by atoms with Gasteiger partial charge in [0.25, 0.3) is 0 Å². The Labute approximate surface area is 197 Å². The second-order valence-electron chi connectivity index (χ2n) is 9.96. The highest BCUT2D eigenvalue weighted by Crippen LogP contribution is 2.44. The minimum Gasteiger partial charge on any atom is -0.497 e. The van der Waals surface area contributed by atoms with E-state index in [9.17, 15) is 4.79 Å². The molecule has 0 aromatic heterocycles. The van der Waals surface area contributed by atoms with Gasteiger partial charge in [-0.2, -0.15) is 0 Å². The molecule has 176 valence electrons. The van der Waals surface area contributed by atoms with Gasteiger partial charge in [-0.25, -0.2) is 0 Å². The largest absolute Gasteiger partial charge is 0.497 e. The van der Waals surface area contributed by atoms with Crippen molar-refractivity contribution in [1.82, 2.24) is 9.80 Å². The van der Waals surface area contributed by atoms with Crippen molar-refractivity contribution < 1.29 is 14.3 Å². The number of ether oxygens (including phenoxy) is 2. The number of hydrogen-bond acceptors (Lipinski definition) is 4. The van der Waals surface area contributed by atoms with E-state index in [0.717, 1.165) is 56.9 Å². The van der Waals surface area contributed by atoms with Crippen molar-refractivity contribution in [2.24, 2.45) is 11.8 Å². The maximum Gasteiger partial charge on any atom is 0.225 e. The third-order valence-electron chi connectivity index (χ3n) is 8.06. The van der Waals surface area contributed by atoms with Gasteiger partial charge in [0.15, 0.2) is 0 Å². The van der Waals surface area contributed by atoms with Crippen LogP contribution in [0, 0.1) is 11.8 Å². The van der Waals surface area contributed by atoms with Crippen molar-refractivity contribution in [3.8, 4) is 11.5 Å². The van der Waals surface area contributed by atoms with Crippen molar-refractivity contribution in [1.29, 1.82) is 0 Å². The number of piperidine rings is 1. The van der Waals surface area contributed by atoms with Gasteiger partial charge >= 0.3 is 0 Å². The van der Waals surface area contributed by atoms with E-state index in [4.69, 9.17) is 9.47 Å². The number of carbonyl (C=O) groups is 1. The number of nitrogens with zero attached hydrogens (tertiary/aromatic N) is 2. The molecule has 3 atom stereocenters. The Kier molecular flexibility index (Phi) is 6.59. The first-order valence-electron chi connectivity index (χ1n) is 12.5. The molecule has 0 unspecified atom stereocenters. The molecule has 5 rings (SSSR count). The molecule has 3 aliphatic rings. The molecule has 1 aliphatic carbocycles. The highest BCUT2D eigenvalue weighted by molar-refractivity contribution is 5.80. The van der Waals surface area contributed by atoms with Crippen molar-refractivity contribution in [3.63, 3.8) is 0 Å². The lowest BCUT2D eigenvalue weighted by molar-refractivity contribution is -0.137. The quantitative estimate of drug-likeness (QED) is 0.642. The monoisotopic (exact) mass is 448 g/mol. The van der Waals surface area contributed by atoms with Crippen LogP contribution in [0.1, 0.15) is 49.1 Å². The van der Waals surface area contributed by atoms with Crippen LogP contribution in [-0.2, 0) is 11.3 Å². The van der Waals surface area contributed by atoms with Crippen LogP contribution in [-0.4, -0.2) is 55.6 Å². The summed E-state index contributed by atoms with van der Waals surface area (Å²) in [5.41, 5.74) is 2.58. The highest BCUT2D eigenvalue weighted by atomic mass is 16.5. The van der Waals surface area contributed by atoms with Crippen LogP contribution in [0.3, 0.4) is 0 Å². The Hall–Kier alpha value is -2.53. The first-order chi connectivity index (χ1) is 16.2. The molecule has 2 heterocycles. The molecule has 1 amide bonds. The summed E-state index contributed by atoms with van der Waals surface area (Å²) in [5, 5.41) is 0. The molecule has 2 aromatic rings. The van der Waals surface area contributed by atoms with Gasteiger partial charge in [0.05, 0.1) is 14.2 Å². The van der Waals surface area contributed by atoms with Gasteiger partial charge in [-0.1, -0.05) is 37.1 Å². The summed E-state index contributed by atoms with van der Waals surface area (Å²) >= 11 is 0. The van der Waals surface area contributed by atoms with Gasteiger partial charge in [-0.3, -0.25) is 9.69 Å². The van der Waals surface area contributed by atoms with E-state index in [1.165, 1.54) is 24.0 Å². The second kappa shape index (κ2) is 9.76. The number of carbonyl (C=O) groups excluding carboxylic acids is 1. The average molecular weight is 449 g/mol. The predicted octanol–water partition coefficient (Wildman–Crippen LogP) is 4.71. The zero-order valence-corrected chi connectivity index (χ0v) is 19.9. The van der Waals surface area contributed by atoms with Gasteiger partial charge in [-0.05, 0) is 54.7 Å². The maximum atomic E-state index is 13.5. The molecule has 0 N–H and O–H groups in total. The number of hydrogen-bond donors (Lipinski definition) is 0. The van der Waals surface area contributed by atoms with Crippen LogP contribution in [0.15, 0.2) is 48.5 Å². The fourth-order valence-corrected chi connectivity index (χ4v) is 6.36. The molecular weight excluding hydrogens is 412 g/mol. The Morgan fingerprint density at radius 1 is 0.939 bits per heavy atom. The summed E-state index contributed by atoms with van der Waals surface area (Å²) in [6.07, 6.45) is 5.59. The molecule has 3 fully saturated rings. The van der Waals surface area contributed by atoms with Crippen LogP contribution in [0.5, 0.6) is 11.5 Å². The molecule has 33 heavy (non-hydrogen) atoms. The summed E-state index contributed by atoms with van der Waals surface area (Å²) in [6.45, 7) is 3.79. The lowest BCUT2D eigenvalue weighted by atomic mass is 9.81. The van der Waals surface area contributed by atoms with Crippen molar-refractivity contribution >= 4 is 5.91 Å². The Morgan fingerprint density at radius 3 is 2.42 bits per heavy atom. The molecule has 2 aliphatic heterocycles. The summed E-state index contributed by atoms with van der Waals surface area (Å²) in [4.78, 5) is 18.4. The Bertz CT molecular complexity index is 971. The molecule has 2 saturated heterocycles. The molecule has 0 spiro atoms. The van der Waals surface area contributed by atoms with Gasteiger partial charge in [0.2, 0.25) is 5.91 Å². The normalized spacial score (nSPS) is 25.8. The number of benzene rings is 2. The third-order valence-corrected chi connectivity index (χ3v) is 8.06. The molecular formula is C28H36N2O3. The van der Waals surface area contributed by atoms with E-state index in [2.05, 4.69) is 46.2 Å². The number of rotatable bonds is 6. The van der Waals surface area contributed by atoms with Gasteiger partial charge in [0, 0.05) is 50.0 Å². The van der Waals surface area contributed by atoms with Crippen molar-refractivity contribution in [3.05, 3.63) is 59.7 Å². The number of likely N-dealkylation sites (tertiary alicyclic amines) is 2. The molecule has 5 nitrogen and oxygen atoms in total. The zero-order valence-electron chi connectivity index (χ0n) is 19.9. The first kappa shape index (κ1) is 22.3. The van der Waals surface area contributed by atoms with Crippen LogP contribution in [0.25, 0.3) is 0 Å². The molecule has 5 heteroatoms. The van der Waals surface area contributed by atoms with E-state index >= 15 is 0 Å². The topological polar surface area (TPSA) is 42.0 Å². The minimum atomic E-state index is 0.240. The van der Waals surface area contributed by atoms with E-state index < -0.39 is 0 Å². The lowest BCUT2D eigenvalue weighted by Crippen LogP contribution is -2.48. The number of fused-ring (bicyclic) bond motifs is 1. The summed E-state index contributed by atoms with van der Waals surface area (Å²) in [5.74, 6) is 3.25. The zero-order chi connectivity index (χ0) is 22.8. The van der Waals surface area contributed by atoms with Gasteiger partial charge in [0.1, 0.15) is 11.5 Å². The van der Waals surface area contributed by atoms with E-state index in [0.29, 0.717) is 23.8 Å². The molecule has 0 bridgehead atoms. The minimum absolute atomic E-state index is 0.240. The molecule has 0 radical (unpaired) electrons. The smallest absolute Gasteiger partial charge is 0.225 e. The molecule has 2 aromatic carbocycles. The highest BCUT2D eigenvalue weighted by Gasteiger charge is 2.48. The SMILES string of the molecule is COc1cccc(CN2CC[C@@H]3[C@H](C2)[C@@H](c2cccc(OC)c2)CN3C(=O)C2CCCC2)c1. The summed E-state index contributed by atoms with van der Waals surface area (Å²) < 4.78 is 10.9. The fraction of sp³-hybridized carbons (Fsp3) is 0.536. The third kappa shape index (κ3) is 4.61. The lowest BCUT2D eigenvalue weighted by Gasteiger charge is -2.39. The molecule has 1 saturated carbocycles. The predicted molar refractivity (Wildman–Crippen MR) is 130 cm³/mol. The van der Waals surface area contributed by atoms with E-state index in [1.54, 1.807) is 14.2 Å². The Morgan fingerprint density at radius 2 is 1.67 bits per heavy atom. The van der Waals surface area contributed by atoms with Gasteiger partial charge < -0.3 is 14.4 Å². The fourth-order valence-electron chi connectivity index (χ4n) is 6.36. The van der Waals surface area contributed by atoms with Crippen LogP contribution >= 0.6 is 0 Å². The van der Waals surface area contributed by atoms with Crippen LogP contribution < -0.4 is 9.47 Å². The van der Waals surface area contributed by atoms with E-state index in [1.807, 2.05) is 12.1 Å². The van der Waals surface area contributed by atoms with Crippen molar-refractivity contribution in [2.75, 3.05) is 33.9 Å². The number of amides is 1. The summed E-state index contributed by atoms with van der Waals surface area (Å²) in [7, 11) is 3.45. The maximum absolute atomic E-state index is 13.5. The summed E-state index contributed by atoms with van der Waals surface area (Å²) in [6, 6.07) is 17.2. The van der Waals surface area contributed by atoms with Crippen LogP contribution in [0.4, 0.5) is 0 Å². The van der Waals surface area contributed by atoms with Crippen molar-refractivity contribution in [2.45, 2.75) is 50.6 Å². The average Bonchev–Trinajstić information content (AvgIpc) is 3.52. The Balaban J connectivity index is 1.38. The number of methoxy groups -OCH3 is 2. The standard InChI is InChI=1S/C28H36N2O3/c1-32-23-11-5-7-20(15-23)17-29-14-13-27-26(18-29)25(22-10-6-12-24(16-22)33-2)19-30(27)28(31)21-8-3-4-9-21/h5-7,10-12,15-16,21,25-27H,3-4,8-9,13-14,17-19H2,1-2H3/t25-,26-,27-/m1/s1. The van der Waals surface area contributed by atoms with E-state index in [-0.39, 0.29) is 5.92 Å². The van der Waals surface area contributed by atoms with Crippen LogP contribution in [0.2, 0.25) is 0 Å². The second-order valence-corrected chi connectivity index (χ2v) is 9.96. The first-order valence-corrected chi connectivity index (χ1v) is 12.5.